The number of hydrogen-bond donors (Lipinski definition) is 3. The van der Waals surface area contributed by atoms with Crippen molar-refractivity contribution in [3.05, 3.63) is 40.3 Å². The van der Waals surface area contributed by atoms with Gasteiger partial charge in [0, 0.05) is 62.0 Å². The number of hydrazine groups is 2. The first kappa shape index (κ1) is 19.2. The molecule has 0 radical (unpaired) electrons. The van der Waals surface area contributed by atoms with Crippen LogP contribution in [0.4, 0.5) is 0 Å². The van der Waals surface area contributed by atoms with Crippen molar-refractivity contribution in [3.63, 3.8) is 0 Å². The molecule has 6 unspecified atom stereocenters. The molecule has 4 aliphatic heterocycles. The average molecular weight is 448 g/mol. The molecular formula is C19H25N7O2S2. The molecule has 3 saturated heterocycles. The van der Waals surface area contributed by atoms with Gasteiger partial charge in [-0.05, 0) is 18.8 Å². The van der Waals surface area contributed by atoms with E-state index in [1.54, 1.807) is 25.1 Å². The lowest BCUT2D eigenvalue weighted by Crippen LogP contribution is -2.61. The minimum absolute atomic E-state index is 0.205. The van der Waals surface area contributed by atoms with Gasteiger partial charge in [0.05, 0.1) is 38.5 Å². The second-order valence-corrected chi connectivity index (χ2v) is 11.1. The summed E-state index contributed by atoms with van der Waals surface area (Å²) in [6.07, 6.45) is 9.92. The van der Waals surface area contributed by atoms with E-state index in [0.717, 1.165) is 35.1 Å². The Morgan fingerprint density at radius 2 is 2.33 bits per heavy atom. The standard InChI is InChI=1S/C19H25N7O2S2/c1-28-6-7-30(27)18-16-15-12(14-2-3-22-26(14)24-16)8-13(23-17(15)29-18)11-9-21-19-20-4-5-25(19)10-11/h4-5,9-10,12-15,17,22-24H,2-3,6-8H2,1H3. The van der Waals surface area contributed by atoms with E-state index in [1.807, 2.05) is 16.8 Å². The van der Waals surface area contributed by atoms with Crippen LogP contribution in [0.3, 0.4) is 0 Å². The first-order chi connectivity index (χ1) is 14.7. The van der Waals surface area contributed by atoms with Gasteiger partial charge in [-0.25, -0.2) is 15.4 Å². The molecule has 11 heteroatoms. The molecule has 6 heterocycles. The predicted octanol–water partition coefficient (Wildman–Crippen LogP) is 0.730. The minimum atomic E-state index is -1.06. The van der Waals surface area contributed by atoms with Crippen molar-refractivity contribution in [1.29, 1.82) is 0 Å². The highest BCUT2D eigenvalue weighted by molar-refractivity contribution is 8.17. The number of rotatable bonds is 5. The Labute approximate surface area is 181 Å². The highest BCUT2D eigenvalue weighted by atomic mass is 32.2. The maximum Gasteiger partial charge on any atom is 0.233 e. The highest BCUT2D eigenvalue weighted by Gasteiger charge is 2.54. The summed E-state index contributed by atoms with van der Waals surface area (Å²) in [5.41, 5.74) is 9.33. The molecule has 2 aromatic rings. The molecule has 2 aromatic heterocycles. The van der Waals surface area contributed by atoms with Crippen LogP contribution in [-0.4, -0.2) is 61.1 Å². The Hall–Kier alpha value is -1.50. The Morgan fingerprint density at radius 1 is 1.40 bits per heavy atom. The number of aromatic nitrogens is 3. The Morgan fingerprint density at radius 3 is 3.23 bits per heavy atom. The summed E-state index contributed by atoms with van der Waals surface area (Å²) in [6, 6.07) is 0.639. The molecule has 0 spiro atoms. The zero-order valence-electron chi connectivity index (χ0n) is 16.7. The summed E-state index contributed by atoms with van der Waals surface area (Å²) in [5.74, 6) is 2.07. The van der Waals surface area contributed by atoms with Crippen molar-refractivity contribution in [2.45, 2.75) is 30.3 Å². The third kappa shape index (κ3) is 3.02. The number of thioether (sulfide) groups is 1. The number of piperidine rings is 1. The van der Waals surface area contributed by atoms with Gasteiger partial charge in [0.25, 0.3) is 0 Å². The summed E-state index contributed by atoms with van der Waals surface area (Å²) in [7, 11) is 0.590. The predicted molar refractivity (Wildman–Crippen MR) is 115 cm³/mol. The van der Waals surface area contributed by atoms with Gasteiger partial charge in [-0.15, -0.1) is 0 Å². The molecule has 0 bridgehead atoms. The number of hydrogen-bond acceptors (Lipinski definition) is 9. The van der Waals surface area contributed by atoms with Crippen molar-refractivity contribution in [2.75, 3.05) is 26.0 Å². The van der Waals surface area contributed by atoms with Gasteiger partial charge in [-0.1, -0.05) is 11.8 Å². The molecule has 0 aromatic carbocycles. The largest absolute Gasteiger partial charge is 0.384 e. The number of ether oxygens (including phenoxy) is 1. The molecular weight excluding hydrogens is 422 g/mol. The average Bonchev–Trinajstić information content (AvgIpc) is 3.50. The lowest BCUT2D eigenvalue weighted by Gasteiger charge is -2.48. The van der Waals surface area contributed by atoms with Crippen LogP contribution in [0.1, 0.15) is 24.4 Å². The Kier molecular flexibility index (Phi) is 4.85. The maximum atomic E-state index is 13.0. The fourth-order valence-corrected chi connectivity index (χ4v) is 8.40. The molecule has 160 valence electrons. The molecule has 9 nitrogen and oxygen atoms in total. The van der Waals surface area contributed by atoms with Crippen LogP contribution in [0.2, 0.25) is 0 Å². The lowest BCUT2D eigenvalue weighted by molar-refractivity contribution is 0.00556. The zero-order valence-corrected chi connectivity index (χ0v) is 18.3. The van der Waals surface area contributed by atoms with E-state index >= 15 is 0 Å². The topological polar surface area (TPSA) is 95.8 Å². The van der Waals surface area contributed by atoms with E-state index in [2.05, 4.69) is 37.5 Å². The number of imidazole rings is 1. The zero-order chi connectivity index (χ0) is 20.2. The highest BCUT2D eigenvalue weighted by Crippen LogP contribution is 2.54. The van der Waals surface area contributed by atoms with Crippen LogP contribution in [0.5, 0.6) is 0 Å². The molecule has 3 N–H and O–H groups in total. The normalized spacial score (nSPS) is 34.1. The van der Waals surface area contributed by atoms with Crippen LogP contribution in [0.25, 0.3) is 5.78 Å². The summed E-state index contributed by atoms with van der Waals surface area (Å²) in [5, 5.41) is 6.21. The van der Waals surface area contributed by atoms with E-state index in [0.29, 0.717) is 30.2 Å². The lowest BCUT2D eigenvalue weighted by atomic mass is 9.74. The first-order valence-corrected chi connectivity index (χ1v) is 12.5. The van der Waals surface area contributed by atoms with Gasteiger partial charge in [-0.3, -0.25) is 13.9 Å². The van der Waals surface area contributed by atoms with Crippen molar-refractivity contribution in [1.82, 2.24) is 35.7 Å². The third-order valence-corrected chi connectivity index (χ3v) is 9.72. The number of methoxy groups -OCH3 is 1. The summed E-state index contributed by atoms with van der Waals surface area (Å²) in [6.45, 7) is 1.47. The molecule has 3 fully saturated rings. The van der Waals surface area contributed by atoms with Gasteiger partial charge in [0.1, 0.15) is 0 Å². The summed E-state index contributed by atoms with van der Waals surface area (Å²) in [4.78, 5) is 8.78. The van der Waals surface area contributed by atoms with Crippen LogP contribution < -0.4 is 16.2 Å². The van der Waals surface area contributed by atoms with E-state index in [4.69, 9.17) is 4.74 Å². The van der Waals surface area contributed by atoms with E-state index in [9.17, 15) is 4.21 Å². The van der Waals surface area contributed by atoms with Crippen LogP contribution in [-0.2, 0) is 15.5 Å². The van der Waals surface area contributed by atoms with Gasteiger partial charge < -0.3 is 10.2 Å². The molecule has 0 aliphatic carbocycles. The van der Waals surface area contributed by atoms with Crippen molar-refractivity contribution in [3.8, 4) is 0 Å². The quantitative estimate of drug-likeness (QED) is 0.613. The summed E-state index contributed by atoms with van der Waals surface area (Å²) < 4.78 is 21.1. The fourth-order valence-electron chi connectivity index (χ4n) is 5.23. The van der Waals surface area contributed by atoms with Crippen LogP contribution in [0, 0.1) is 11.8 Å². The maximum absolute atomic E-state index is 13.0. The number of nitrogens with one attached hydrogen (secondary N) is 3. The van der Waals surface area contributed by atoms with Gasteiger partial charge in [0.15, 0.2) is 0 Å². The molecule has 30 heavy (non-hydrogen) atoms. The molecule has 4 aliphatic rings. The van der Waals surface area contributed by atoms with Crippen LogP contribution >= 0.6 is 11.8 Å². The number of fused-ring (bicyclic) bond motifs is 3. The molecule has 0 amide bonds. The van der Waals surface area contributed by atoms with Gasteiger partial charge in [0.2, 0.25) is 5.78 Å². The van der Waals surface area contributed by atoms with E-state index < -0.39 is 10.8 Å². The smallest absolute Gasteiger partial charge is 0.233 e. The summed E-state index contributed by atoms with van der Waals surface area (Å²) >= 11 is 1.73. The van der Waals surface area contributed by atoms with E-state index in [1.165, 1.54) is 5.56 Å². The fraction of sp³-hybridized carbons (Fsp3) is 0.579. The van der Waals surface area contributed by atoms with Crippen molar-refractivity contribution in [2.24, 2.45) is 11.8 Å². The second kappa shape index (κ2) is 7.57. The Bertz CT molecular complexity index is 1030. The van der Waals surface area contributed by atoms with Gasteiger partial charge in [-0.2, -0.15) is 5.12 Å². The van der Waals surface area contributed by atoms with E-state index in [-0.39, 0.29) is 11.4 Å². The Balaban J connectivity index is 1.34. The number of nitrogens with zero attached hydrogens (tertiary/aromatic N) is 4. The van der Waals surface area contributed by atoms with Crippen molar-refractivity contribution < 1.29 is 8.95 Å². The minimum Gasteiger partial charge on any atom is -0.384 e. The molecule has 6 atom stereocenters. The molecule has 6 rings (SSSR count). The van der Waals surface area contributed by atoms with Crippen LogP contribution in [0.15, 0.2) is 34.7 Å². The SMILES string of the molecule is COCCS(=O)C1=C2NN3NCCC3C3CC(c4cnc5nccn5c4)NC(S1)C23. The third-order valence-electron chi connectivity index (χ3n) is 6.58. The second-order valence-electron chi connectivity index (χ2n) is 8.19. The van der Waals surface area contributed by atoms with Gasteiger partial charge >= 0.3 is 0 Å². The first-order valence-electron chi connectivity index (χ1n) is 10.3. The monoisotopic (exact) mass is 447 g/mol. The molecule has 0 saturated carbocycles. The van der Waals surface area contributed by atoms with Crippen molar-refractivity contribution >= 4 is 28.3 Å².